The number of rotatable bonds is 8. The van der Waals surface area contributed by atoms with Crippen LogP contribution in [-0.2, 0) is 4.79 Å². The topological polar surface area (TPSA) is 54.5 Å². The van der Waals surface area contributed by atoms with Gasteiger partial charge in [-0.3, -0.25) is 9.78 Å². The molecule has 0 aliphatic carbocycles. The molecule has 3 rings (SSSR count). The number of piperidine rings is 1. The Hall–Kier alpha value is -1.85. The van der Waals surface area contributed by atoms with Gasteiger partial charge in [0.2, 0.25) is 0 Å². The predicted octanol–water partition coefficient (Wildman–Crippen LogP) is 3.90. The lowest BCUT2D eigenvalue weighted by Gasteiger charge is -2.30. The first-order chi connectivity index (χ1) is 13.1. The summed E-state index contributed by atoms with van der Waals surface area (Å²) in [7, 11) is 0. The number of unbranched alkanes of at least 4 members (excludes halogenated alkanes) is 1. The van der Waals surface area contributed by atoms with E-state index in [9.17, 15) is 4.79 Å². The van der Waals surface area contributed by atoms with E-state index in [0.717, 1.165) is 30.7 Å². The standard InChI is InChI=1S/C21H28ClN3O2/c1-16-6-5-13-25(14-16)12-3-2-10-23-20(26)15-27-19-9-8-18(22)17-7-4-11-24-21(17)19/h4,7-9,11,16H,2-3,5-6,10,12-15H2,1H3,(H,23,26). The van der Waals surface area contributed by atoms with Crippen molar-refractivity contribution in [3.63, 3.8) is 0 Å². The summed E-state index contributed by atoms with van der Waals surface area (Å²) in [6.45, 7) is 6.55. The molecular weight excluding hydrogens is 362 g/mol. The van der Waals surface area contributed by atoms with Crippen molar-refractivity contribution in [2.75, 3.05) is 32.8 Å². The van der Waals surface area contributed by atoms with Gasteiger partial charge in [0.05, 0.1) is 5.02 Å². The van der Waals surface area contributed by atoms with Crippen LogP contribution in [0, 0.1) is 5.92 Å². The van der Waals surface area contributed by atoms with Crippen LogP contribution in [-0.4, -0.2) is 48.6 Å². The number of benzene rings is 1. The Kier molecular flexibility index (Phi) is 7.30. The van der Waals surface area contributed by atoms with Crippen LogP contribution in [0.15, 0.2) is 30.5 Å². The normalized spacial score (nSPS) is 17.8. The van der Waals surface area contributed by atoms with Crippen molar-refractivity contribution >= 4 is 28.4 Å². The maximum absolute atomic E-state index is 12.0. The van der Waals surface area contributed by atoms with E-state index < -0.39 is 0 Å². The Labute approximate surface area is 166 Å². The number of hydrogen-bond acceptors (Lipinski definition) is 4. The van der Waals surface area contributed by atoms with Crippen molar-refractivity contribution in [2.45, 2.75) is 32.6 Å². The summed E-state index contributed by atoms with van der Waals surface area (Å²) in [4.78, 5) is 18.9. The van der Waals surface area contributed by atoms with E-state index >= 15 is 0 Å². The molecule has 1 aromatic carbocycles. The molecule has 1 aliphatic heterocycles. The molecule has 5 nitrogen and oxygen atoms in total. The Balaban J connectivity index is 1.36. The zero-order valence-electron chi connectivity index (χ0n) is 15.9. The van der Waals surface area contributed by atoms with Crippen LogP contribution in [0.4, 0.5) is 0 Å². The van der Waals surface area contributed by atoms with Crippen molar-refractivity contribution in [1.82, 2.24) is 15.2 Å². The minimum atomic E-state index is -0.111. The van der Waals surface area contributed by atoms with Gasteiger partial charge in [-0.1, -0.05) is 18.5 Å². The maximum Gasteiger partial charge on any atom is 0.257 e. The molecule has 1 amide bonds. The van der Waals surface area contributed by atoms with E-state index in [2.05, 4.69) is 22.1 Å². The van der Waals surface area contributed by atoms with Crippen LogP contribution in [0.5, 0.6) is 5.75 Å². The second-order valence-electron chi connectivity index (χ2n) is 7.34. The first-order valence-corrected chi connectivity index (χ1v) is 10.2. The summed E-state index contributed by atoms with van der Waals surface area (Å²) < 4.78 is 5.66. The molecule has 27 heavy (non-hydrogen) atoms. The number of ether oxygens (including phenoxy) is 1. The Morgan fingerprint density at radius 3 is 3.11 bits per heavy atom. The molecule has 1 saturated heterocycles. The fourth-order valence-corrected chi connectivity index (χ4v) is 3.82. The molecule has 1 fully saturated rings. The lowest BCUT2D eigenvalue weighted by atomic mass is 10.0. The number of carbonyl (C=O) groups is 1. The minimum Gasteiger partial charge on any atom is -0.481 e. The molecule has 1 aromatic heterocycles. The number of pyridine rings is 1. The number of hydrogen-bond donors (Lipinski definition) is 1. The van der Waals surface area contributed by atoms with E-state index in [-0.39, 0.29) is 12.5 Å². The van der Waals surface area contributed by atoms with Crippen LogP contribution in [0.1, 0.15) is 32.6 Å². The third-order valence-corrected chi connectivity index (χ3v) is 5.33. The van der Waals surface area contributed by atoms with E-state index in [1.165, 1.54) is 25.9 Å². The summed E-state index contributed by atoms with van der Waals surface area (Å²) in [5.74, 6) is 1.28. The SMILES string of the molecule is CC1CCCN(CCCCNC(=O)COc2ccc(Cl)c3cccnc23)C1. The fraction of sp³-hybridized carbons (Fsp3) is 0.524. The Morgan fingerprint density at radius 2 is 2.26 bits per heavy atom. The van der Waals surface area contributed by atoms with Crippen molar-refractivity contribution < 1.29 is 9.53 Å². The first-order valence-electron chi connectivity index (χ1n) is 9.78. The monoisotopic (exact) mass is 389 g/mol. The number of nitrogens with zero attached hydrogens (tertiary/aromatic N) is 2. The molecule has 146 valence electrons. The van der Waals surface area contributed by atoms with E-state index in [1.807, 2.05) is 12.1 Å². The molecule has 1 N–H and O–H groups in total. The first kappa shape index (κ1) is 19.9. The Morgan fingerprint density at radius 1 is 1.37 bits per heavy atom. The summed E-state index contributed by atoms with van der Waals surface area (Å²) in [6, 6.07) is 7.24. The lowest BCUT2D eigenvalue weighted by Crippen LogP contribution is -2.35. The second kappa shape index (κ2) is 9.90. The third-order valence-electron chi connectivity index (χ3n) is 5.00. The molecule has 1 aliphatic rings. The smallest absolute Gasteiger partial charge is 0.257 e. The Bertz CT molecular complexity index is 768. The summed E-state index contributed by atoms with van der Waals surface area (Å²) in [5.41, 5.74) is 0.675. The van der Waals surface area contributed by atoms with Gasteiger partial charge in [-0.25, -0.2) is 0 Å². The molecule has 1 atom stereocenters. The molecule has 1 unspecified atom stereocenters. The molecule has 2 heterocycles. The molecule has 0 bridgehead atoms. The largest absolute Gasteiger partial charge is 0.481 e. The van der Waals surface area contributed by atoms with Crippen LogP contribution >= 0.6 is 11.6 Å². The van der Waals surface area contributed by atoms with Gasteiger partial charge in [0.15, 0.2) is 6.61 Å². The summed E-state index contributed by atoms with van der Waals surface area (Å²) >= 11 is 6.18. The third kappa shape index (κ3) is 5.81. The van der Waals surface area contributed by atoms with Gasteiger partial charge in [-0.2, -0.15) is 0 Å². The quantitative estimate of drug-likeness (QED) is 0.696. The average Bonchev–Trinajstić information content (AvgIpc) is 2.67. The zero-order valence-corrected chi connectivity index (χ0v) is 16.7. The fourth-order valence-electron chi connectivity index (χ4n) is 3.60. The van der Waals surface area contributed by atoms with Gasteiger partial charge in [-0.05, 0) is 69.0 Å². The van der Waals surface area contributed by atoms with Crippen molar-refractivity contribution in [3.8, 4) is 5.75 Å². The minimum absolute atomic E-state index is 0.0169. The zero-order chi connectivity index (χ0) is 19.1. The number of fused-ring (bicyclic) bond motifs is 1. The van der Waals surface area contributed by atoms with Crippen LogP contribution in [0.25, 0.3) is 10.9 Å². The maximum atomic E-state index is 12.0. The van der Waals surface area contributed by atoms with Crippen molar-refractivity contribution in [3.05, 3.63) is 35.5 Å². The molecule has 0 radical (unpaired) electrons. The number of likely N-dealkylation sites (tertiary alicyclic amines) is 1. The number of nitrogens with one attached hydrogen (secondary N) is 1. The van der Waals surface area contributed by atoms with Gasteiger partial charge < -0.3 is 15.0 Å². The molecule has 2 aromatic rings. The van der Waals surface area contributed by atoms with Crippen LogP contribution in [0.2, 0.25) is 5.02 Å². The number of aromatic nitrogens is 1. The number of amides is 1. The van der Waals surface area contributed by atoms with Crippen molar-refractivity contribution in [2.24, 2.45) is 5.92 Å². The average molecular weight is 390 g/mol. The highest BCUT2D eigenvalue weighted by atomic mass is 35.5. The molecular formula is C21H28ClN3O2. The summed E-state index contributed by atoms with van der Waals surface area (Å²) in [6.07, 6.45) is 6.45. The highest BCUT2D eigenvalue weighted by molar-refractivity contribution is 6.35. The lowest BCUT2D eigenvalue weighted by molar-refractivity contribution is -0.123. The van der Waals surface area contributed by atoms with Gasteiger partial charge in [0, 0.05) is 24.7 Å². The van der Waals surface area contributed by atoms with Gasteiger partial charge >= 0.3 is 0 Å². The predicted molar refractivity (Wildman–Crippen MR) is 109 cm³/mol. The van der Waals surface area contributed by atoms with E-state index in [0.29, 0.717) is 22.8 Å². The molecule has 6 heteroatoms. The highest BCUT2D eigenvalue weighted by Crippen LogP contribution is 2.29. The number of halogens is 1. The van der Waals surface area contributed by atoms with Gasteiger partial charge in [-0.15, -0.1) is 0 Å². The summed E-state index contributed by atoms with van der Waals surface area (Å²) in [5, 5.41) is 4.38. The highest BCUT2D eigenvalue weighted by Gasteiger charge is 2.15. The molecule has 0 saturated carbocycles. The van der Waals surface area contributed by atoms with Crippen LogP contribution < -0.4 is 10.1 Å². The van der Waals surface area contributed by atoms with E-state index in [4.69, 9.17) is 16.3 Å². The van der Waals surface area contributed by atoms with Crippen LogP contribution in [0.3, 0.4) is 0 Å². The van der Waals surface area contributed by atoms with Gasteiger partial charge in [0.1, 0.15) is 11.3 Å². The second-order valence-corrected chi connectivity index (χ2v) is 7.75. The molecule has 0 spiro atoms. The van der Waals surface area contributed by atoms with E-state index in [1.54, 1.807) is 18.3 Å². The van der Waals surface area contributed by atoms with Crippen molar-refractivity contribution in [1.29, 1.82) is 0 Å². The van der Waals surface area contributed by atoms with Gasteiger partial charge in [0.25, 0.3) is 5.91 Å². The number of carbonyl (C=O) groups excluding carboxylic acids is 1.